The molecule has 4 nitrogen and oxygen atoms in total. The Bertz CT molecular complexity index is 533. The molecule has 0 aliphatic rings. The van der Waals surface area contributed by atoms with Crippen LogP contribution in [0.2, 0.25) is 5.02 Å². The van der Waals surface area contributed by atoms with Gasteiger partial charge in [-0.2, -0.15) is 0 Å². The average molecular weight is 250 g/mol. The summed E-state index contributed by atoms with van der Waals surface area (Å²) in [4.78, 5) is 15.4. The summed E-state index contributed by atoms with van der Waals surface area (Å²) in [6, 6.07) is 6.85. The zero-order valence-electron chi connectivity index (χ0n) is 9.30. The SMILES string of the molecule is CC(C(N)=O)n1ccnc1-c1ccc(Cl)cc1. The number of hydrogen-bond donors (Lipinski definition) is 1. The van der Waals surface area contributed by atoms with Crippen molar-refractivity contribution in [2.75, 3.05) is 0 Å². The number of halogens is 1. The van der Waals surface area contributed by atoms with Crippen molar-refractivity contribution in [3.8, 4) is 11.4 Å². The molecule has 17 heavy (non-hydrogen) atoms. The fraction of sp³-hybridized carbons (Fsp3) is 0.167. The second kappa shape index (κ2) is 4.59. The maximum Gasteiger partial charge on any atom is 0.240 e. The summed E-state index contributed by atoms with van der Waals surface area (Å²) < 4.78 is 1.74. The molecule has 0 spiro atoms. The third kappa shape index (κ3) is 2.31. The zero-order valence-corrected chi connectivity index (χ0v) is 10.1. The van der Waals surface area contributed by atoms with Crippen molar-refractivity contribution in [3.63, 3.8) is 0 Å². The summed E-state index contributed by atoms with van der Waals surface area (Å²) in [5.41, 5.74) is 6.19. The van der Waals surface area contributed by atoms with E-state index in [1.807, 2.05) is 12.1 Å². The second-order valence-electron chi connectivity index (χ2n) is 3.74. The largest absolute Gasteiger partial charge is 0.368 e. The fourth-order valence-electron chi connectivity index (χ4n) is 1.59. The van der Waals surface area contributed by atoms with E-state index < -0.39 is 11.9 Å². The number of hydrogen-bond acceptors (Lipinski definition) is 2. The first-order valence-electron chi connectivity index (χ1n) is 5.17. The number of primary amides is 1. The third-order valence-corrected chi connectivity index (χ3v) is 2.85. The van der Waals surface area contributed by atoms with Crippen LogP contribution in [0.25, 0.3) is 11.4 Å². The Kier molecular flexibility index (Phi) is 3.15. The average Bonchev–Trinajstić information content (AvgIpc) is 2.77. The molecule has 0 saturated heterocycles. The Hall–Kier alpha value is -1.81. The van der Waals surface area contributed by atoms with Gasteiger partial charge in [0.25, 0.3) is 0 Å². The van der Waals surface area contributed by atoms with E-state index in [9.17, 15) is 4.79 Å². The summed E-state index contributed by atoms with van der Waals surface area (Å²) in [5.74, 6) is 0.311. The number of amides is 1. The maximum atomic E-state index is 11.2. The molecule has 0 radical (unpaired) electrons. The number of carbonyl (C=O) groups excluding carboxylic acids is 1. The number of aromatic nitrogens is 2. The Balaban J connectivity index is 2.43. The van der Waals surface area contributed by atoms with Crippen LogP contribution in [0.4, 0.5) is 0 Å². The molecule has 0 aliphatic heterocycles. The monoisotopic (exact) mass is 249 g/mol. The highest BCUT2D eigenvalue weighted by Gasteiger charge is 2.15. The van der Waals surface area contributed by atoms with Crippen molar-refractivity contribution in [1.29, 1.82) is 0 Å². The lowest BCUT2D eigenvalue weighted by atomic mass is 10.2. The number of nitrogens with zero attached hydrogens (tertiary/aromatic N) is 2. The van der Waals surface area contributed by atoms with Gasteiger partial charge in [-0.15, -0.1) is 0 Å². The van der Waals surface area contributed by atoms with Gasteiger partial charge in [0, 0.05) is 23.0 Å². The molecular formula is C12H12ClN3O. The van der Waals surface area contributed by atoms with Gasteiger partial charge in [0.1, 0.15) is 11.9 Å². The molecule has 88 valence electrons. The smallest absolute Gasteiger partial charge is 0.240 e. The molecular weight excluding hydrogens is 238 g/mol. The first-order valence-corrected chi connectivity index (χ1v) is 5.55. The molecule has 1 unspecified atom stereocenters. The van der Waals surface area contributed by atoms with Gasteiger partial charge in [0.05, 0.1) is 0 Å². The molecule has 5 heteroatoms. The summed E-state index contributed by atoms with van der Waals surface area (Å²) in [6.07, 6.45) is 3.38. The minimum Gasteiger partial charge on any atom is -0.368 e. The molecule has 1 amide bonds. The summed E-state index contributed by atoms with van der Waals surface area (Å²) in [5, 5.41) is 0.662. The number of carbonyl (C=O) groups is 1. The van der Waals surface area contributed by atoms with Crippen LogP contribution in [-0.2, 0) is 4.79 Å². The first kappa shape index (κ1) is 11.7. The maximum absolute atomic E-state index is 11.2. The van der Waals surface area contributed by atoms with E-state index in [1.165, 1.54) is 0 Å². The molecule has 1 heterocycles. The second-order valence-corrected chi connectivity index (χ2v) is 4.18. The van der Waals surface area contributed by atoms with E-state index >= 15 is 0 Å². The van der Waals surface area contributed by atoms with Crippen LogP contribution in [0.3, 0.4) is 0 Å². The molecule has 1 aromatic carbocycles. The Labute approximate surface area is 104 Å². The fourth-order valence-corrected chi connectivity index (χ4v) is 1.71. The van der Waals surface area contributed by atoms with E-state index in [0.29, 0.717) is 10.8 Å². The molecule has 0 bridgehead atoms. The lowest BCUT2D eigenvalue weighted by Gasteiger charge is -2.12. The molecule has 0 fully saturated rings. The topological polar surface area (TPSA) is 60.9 Å². The van der Waals surface area contributed by atoms with E-state index in [1.54, 1.807) is 36.0 Å². The first-order chi connectivity index (χ1) is 8.09. The predicted octanol–water partition coefficient (Wildman–Crippen LogP) is 2.25. The van der Waals surface area contributed by atoms with Crippen molar-refractivity contribution >= 4 is 17.5 Å². The molecule has 0 aliphatic carbocycles. The van der Waals surface area contributed by atoms with Crippen LogP contribution in [-0.4, -0.2) is 15.5 Å². The van der Waals surface area contributed by atoms with Gasteiger partial charge in [-0.1, -0.05) is 11.6 Å². The van der Waals surface area contributed by atoms with E-state index in [4.69, 9.17) is 17.3 Å². The Morgan fingerprint density at radius 3 is 2.65 bits per heavy atom. The minimum atomic E-state index is -0.428. The zero-order chi connectivity index (χ0) is 12.4. The van der Waals surface area contributed by atoms with Gasteiger partial charge in [0.2, 0.25) is 5.91 Å². The van der Waals surface area contributed by atoms with Crippen molar-refractivity contribution in [2.45, 2.75) is 13.0 Å². The van der Waals surface area contributed by atoms with E-state index in [0.717, 1.165) is 5.56 Å². The summed E-state index contributed by atoms with van der Waals surface area (Å²) >= 11 is 5.82. The van der Waals surface area contributed by atoms with Crippen molar-refractivity contribution in [2.24, 2.45) is 5.73 Å². The van der Waals surface area contributed by atoms with Gasteiger partial charge in [-0.3, -0.25) is 4.79 Å². The third-order valence-electron chi connectivity index (χ3n) is 2.60. The molecule has 2 N–H and O–H groups in total. The Morgan fingerprint density at radius 1 is 1.41 bits per heavy atom. The summed E-state index contributed by atoms with van der Waals surface area (Å²) in [7, 11) is 0. The van der Waals surface area contributed by atoms with Gasteiger partial charge in [0.15, 0.2) is 0 Å². The van der Waals surface area contributed by atoms with Crippen LogP contribution < -0.4 is 5.73 Å². The summed E-state index contributed by atoms with van der Waals surface area (Å²) in [6.45, 7) is 1.74. The molecule has 2 rings (SSSR count). The van der Waals surface area contributed by atoms with Crippen LogP contribution in [0.5, 0.6) is 0 Å². The van der Waals surface area contributed by atoms with Crippen LogP contribution in [0.1, 0.15) is 13.0 Å². The minimum absolute atomic E-state index is 0.391. The van der Waals surface area contributed by atoms with Gasteiger partial charge in [-0.05, 0) is 31.2 Å². The van der Waals surface area contributed by atoms with Crippen LogP contribution in [0, 0.1) is 0 Å². The molecule has 0 saturated carbocycles. The van der Waals surface area contributed by atoms with Crippen LogP contribution >= 0.6 is 11.6 Å². The predicted molar refractivity (Wildman–Crippen MR) is 66.6 cm³/mol. The quantitative estimate of drug-likeness (QED) is 0.907. The number of nitrogens with two attached hydrogens (primary N) is 1. The Morgan fingerprint density at radius 2 is 2.06 bits per heavy atom. The normalized spacial score (nSPS) is 12.4. The lowest BCUT2D eigenvalue weighted by Crippen LogP contribution is -2.24. The van der Waals surface area contributed by atoms with Gasteiger partial charge < -0.3 is 10.3 Å². The highest BCUT2D eigenvalue weighted by molar-refractivity contribution is 6.30. The number of imidazole rings is 1. The highest BCUT2D eigenvalue weighted by atomic mass is 35.5. The van der Waals surface area contributed by atoms with Crippen molar-refractivity contribution < 1.29 is 4.79 Å². The lowest BCUT2D eigenvalue weighted by molar-refractivity contribution is -0.120. The van der Waals surface area contributed by atoms with Gasteiger partial charge >= 0.3 is 0 Å². The molecule has 1 aromatic heterocycles. The number of rotatable bonds is 3. The van der Waals surface area contributed by atoms with Gasteiger partial charge in [-0.25, -0.2) is 4.98 Å². The van der Waals surface area contributed by atoms with Crippen molar-refractivity contribution in [1.82, 2.24) is 9.55 Å². The van der Waals surface area contributed by atoms with E-state index in [2.05, 4.69) is 4.98 Å². The number of benzene rings is 1. The molecule has 2 aromatic rings. The van der Waals surface area contributed by atoms with Crippen molar-refractivity contribution in [3.05, 3.63) is 41.7 Å². The van der Waals surface area contributed by atoms with Crippen LogP contribution in [0.15, 0.2) is 36.7 Å². The van der Waals surface area contributed by atoms with E-state index in [-0.39, 0.29) is 0 Å². The highest BCUT2D eigenvalue weighted by Crippen LogP contribution is 2.22. The standard InChI is InChI=1S/C12H12ClN3O/c1-8(11(14)17)16-7-6-15-12(16)9-2-4-10(13)5-3-9/h2-8H,1H3,(H2,14,17). The molecule has 1 atom stereocenters.